The number of nitrogens with zero attached hydrogens (tertiary/aromatic N) is 2. The highest BCUT2D eigenvalue weighted by atomic mass is 15.1. The van der Waals surface area contributed by atoms with Gasteiger partial charge in [0.1, 0.15) is 5.82 Å². The molecule has 0 fully saturated rings. The Balaban J connectivity index is 1.79. The van der Waals surface area contributed by atoms with E-state index in [1.54, 1.807) is 6.20 Å². The largest absolute Gasteiger partial charge is 0.354 e. The zero-order chi connectivity index (χ0) is 13.1. The second-order valence-corrected chi connectivity index (χ2v) is 4.76. The molecule has 0 bridgehead atoms. The van der Waals surface area contributed by atoms with Crippen LogP contribution in [0.1, 0.15) is 24.5 Å². The first-order valence-electron chi connectivity index (χ1n) is 6.81. The lowest BCUT2D eigenvalue weighted by Gasteiger charge is -2.09. The van der Waals surface area contributed by atoms with E-state index in [1.807, 2.05) is 13.0 Å². The van der Waals surface area contributed by atoms with E-state index in [9.17, 15) is 0 Å². The van der Waals surface area contributed by atoms with Gasteiger partial charge in [0.15, 0.2) is 0 Å². The van der Waals surface area contributed by atoms with Crippen LogP contribution < -0.4 is 10.6 Å². The molecule has 0 saturated heterocycles. The highest BCUT2D eigenvalue weighted by Gasteiger charge is 2.10. The van der Waals surface area contributed by atoms with E-state index in [2.05, 4.69) is 38.8 Å². The first-order valence-corrected chi connectivity index (χ1v) is 6.81. The second-order valence-electron chi connectivity index (χ2n) is 4.76. The Kier molecular flexibility index (Phi) is 3.31. The van der Waals surface area contributed by atoms with Gasteiger partial charge in [0.05, 0.1) is 0 Å². The lowest BCUT2D eigenvalue weighted by Crippen LogP contribution is -2.03. The number of nitrogens with one attached hydrogen (secondary N) is 2. The highest BCUT2D eigenvalue weighted by molar-refractivity contribution is 5.59. The third-order valence-corrected chi connectivity index (χ3v) is 3.36. The Bertz CT molecular complexity index is 580. The maximum atomic E-state index is 4.42. The molecule has 0 aliphatic heterocycles. The molecule has 1 aromatic carbocycles. The van der Waals surface area contributed by atoms with Gasteiger partial charge in [0.2, 0.25) is 5.95 Å². The van der Waals surface area contributed by atoms with Crippen molar-refractivity contribution in [3.63, 3.8) is 0 Å². The quantitative estimate of drug-likeness (QED) is 0.880. The van der Waals surface area contributed by atoms with Crippen LogP contribution in [0.2, 0.25) is 0 Å². The molecule has 4 nitrogen and oxygen atoms in total. The van der Waals surface area contributed by atoms with Gasteiger partial charge in [-0.05, 0) is 55.5 Å². The molecule has 0 spiro atoms. The van der Waals surface area contributed by atoms with Crippen molar-refractivity contribution < 1.29 is 0 Å². The minimum Gasteiger partial charge on any atom is -0.354 e. The summed E-state index contributed by atoms with van der Waals surface area (Å²) in [5, 5.41) is 6.45. The van der Waals surface area contributed by atoms with E-state index < -0.39 is 0 Å². The fourth-order valence-corrected chi connectivity index (χ4v) is 2.47. The summed E-state index contributed by atoms with van der Waals surface area (Å²) in [5.41, 5.74) is 4.05. The molecule has 1 aromatic heterocycles. The van der Waals surface area contributed by atoms with Crippen LogP contribution in [0.5, 0.6) is 0 Å². The minimum absolute atomic E-state index is 0.661. The van der Waals surface area contributed by atoms with E-state index in [4.69, 9.17) is 0 Å². The van der Waals surface area contributed by atoms with Crippen LogP contribution in [0.3, 0.4) is 0 Å². The summed E-state index contributed by atoms with van der Waals surface area (Å²) in [5.74, 6) is 1.48. The Morgan fingerprint density at radius 2 is 2.05 bits per heavy atom. The van der Waals surface area contributed by atoms with Crippen LogP contribution >= 0.6 is 0 Å². The lowest BCUT2D eigenvalue weighted by atomic mass is 10.1. The van der Waals surface area contributed by atoms with Crippen LogP contribution in [0, 0.1) is 0 Å². The summed E-state index contributed by atoms with van der Waals surface area (Å²) < 4.78 is 0. The topological polar surface area (TPSA) is 49.8 Å². The predicted octanol–water partition coefficient (Wildman–Crippen LogP) is 3.14. The number of anilines is 3. The highest BCUT2D eigenvalue weighted by Crippen LogP contribution is 2.26. The van der Waals surface area contributed by atoms with Crippen molar-refractivity contribution in [3.8, 4) is 0 Å². The van der Waals surface area contributed by atoms with E-state index >= 15 is 0 Å². The van der Waals surface area contributed by atoms with Crippen molar-refractivity contribution >= 4 is 17.5 Å². The van der Waals surface area contributed by atoms with Crippen LogP contribution in [0.25, 0.3) is 0 Å². The minimum atomic E-state index is 0.661. The number of rotatable bonds is 4. The molecule has 0 amide bonds. The van der Waals surface area contributed by atoms with Crippen LogP contribution in [0.4, 0.5) is 17.5 Å². The molecule has 1 aliphatic rings. The standard InChI is InChI=1S/C15H18N4/c1-2-16-15-17-9-8-14(19-15)18-13-7-6-11-4-3-5-12(11)10-13/h6-10H,2-5H2,1H3,(H2,16,17,18,19). The molecule has 0 unspecified atom stereocenters. The van der Waals surface area contributed by atoms with Gasteiger partial charge in [-0.15, -0.1) is 0 Å². The maximum absolute atomic E-state index is 4.42. The number of fused-ring (bicyclic) bond motifs is 1. The first kappa shape index (κ1) is 12.0. The third kappa shape index (κ3) is 2.67. The van der Waals surface area contributed by atoms with Gasteiger partial charge in [0, 0.05) is 18.4 Å². The van der Waals surface area contributed by atoms with Gasteiger partial charge in [-0.3, -0.25) is 0 Å². The first-order chi connectivity index (χ1) is 9.35. The molecule has 1 aliphatic carbocycles. The lowest BCUT2D eigenvalue weighted by molar-refractivity contribution is 0.912. The van der Waals surface area contributed by atoms with Crippen LogP contribution in [0.15, 0.2) is 30.5 Å². The summed E-state index contributed by atoms with van der Waals surface area (Å²) in [6.45, 7) is 2.85. The average Bonchev–Trinajstić information content (AvgIpc) is 2.87. The summed E-state index contributed by atoms with van der Waals surface area (Å²) in [7, 11) is 0. The molecule has 19 heavy (non-hydrogen) atoms. The number of aromatic nitrogens is 2. The molecular formula is C15H18N4. The molecule has 3 rings (SSSR count). The predicted molar refractivity (Wildman–Crippen MR) is 77.9 cm³/mol. The zero-order valence-electron chi connectivity index (χ0n) is 11.1. The maximum Gasteiger partial charge on any atom is 0.224 e. The van der Waals surface area contributed by atoms with Crippen molar-refractivity contribution in [1.82, 2.24) is 9.97 Å². The fraction of sp³-hybridized carbons (Fsp3) is 0.333. The van der Waals surface area contributed by atoms with E-state index in [1.165, 1.54) is 30.4 Å². The molecular weight excluding hydrogens is 236 g/mol. The van der Waals surface area contributed by atoms with Crippen molar-refractivity contribution in [2.45, 2.75) is 26.2 Å². The van der Waals surface area contributed by atoms with E-state index in [0.29, 0.717) is 5.95 Å². The molecule has 2 N–H and O–H groups in total. The SMILES string of the molecule is CCNc1nccc(Nc2ccc3c(c2)CCC3)n1. The van der Waals surface area contributed by atoms with Gasteiger partial charge < -0.3 is 10.6 Å². The summed E-state index contributed by atoms with van der Waals surface area (Å²) in [4.78, 5) is 8.58. The molecule has 4 heteroatoms. The Morgan fingerprint density at radius 1 is 1.16 bits per heavy atom. The smallest absolute Gasteiger partial charge is 0.224 e. The van der Waals surface area contributed by atoms with Crippen molar-refractivity contribution in [2.75, 3.05) is 17.2 Å². The Labute approximate surface area is 113 Å². The summed E-state index contributed by atoms with van der Waals surface area (Å²) in [6, 6.07) is 8.46. The average molecular weight is 254 g/mol. The fourth-order valence-electron chi connectivity index (χ4n) is 2.47. The van der Waals surface area contributed by atoms with E-state index in [-0.39, 0.29) is 0 Å². The Hall–Kier alpha value is -2.10. The monoisotopic (exact) mass is 254 g/mol. The number of benzene rings is 1. The van der Waals surface area contributed by atoms with Gasteiger partial charge in [-0.25, -0.2) is 4.98 Å². The molecule has 2 aromatic rings. The molecule has 1 heterocycles. The molecule has 0 atom stereocenters. The number of hydrogen-bond donors (Lipinski definition) is 2. The van der Waals surface area contributed by atoms with Gasteiger partial charge in [-0.1, -0.05) is 6.07 Å². The van der Waals surface area contributed by atoms with Crippen molar-refractivity contribution in [1.29, 1.82) is 0 Å². The number of aryl methyl sites for hydroxylation is 2. The Morgan fingerprint density at radius 3 is 2.95 bits per heavy atom. The van der Waals surface area contributed by atoms with Crippen molar-refractivity contribution in [3.05, 3.63) is 41.6 Å². The van der Waals surface area contributed by atoms with Gasteiger partial charge in [-0.2, -0.15) is 4.98 Å². The zero-order valence-corrected chi connectivity index (χ0v) is 11.1. The summed E-state index contributed by atoms with van der Waals surface area (Å²) >= 11 is 0. The van der Waals surface area contributed by atoms with Crippen LogP contribution in [-0.2, 0) is 12.8 Å². The van der Waals surface area contributed by atoms with Crippen molar-refractivity contribution in [2.24, 2.45) is 0 Å². The molecule has 0 radical (unpaired) electrons. The van der Waals surface area contributed by atoms with Gasteiger partial charge in [0.25, 0.3) is 0 Å². The van der Waals surface area contributed by atoms with Gasteiger partial charge >= 0.3 is 0 Å². The normalized spacial score (nSPS) is 13.1. The molecule has 0 saturated carbocycles. The number of hydrogen-bond acceptors (Lipinski definition) is 4. The molecule has 98 valence electrons. The second kappa shape index (κ2) is 5.26. The third-order valence-electron chi connectivity index (χ3n) is 3.36. The van der Waals surface area contributed by atoms with Crippen LogP contribution in [-0.4, -0.2) is 16.5 Å². The van der Waals surface area contributed by atoms with E-state index in [0.717, 1.165) is 18.1 Å². The summed E-state index contributed by atoms with van der Waals surface area (Å²) in [6.07, 6.45) is 5.45.